The molecule has 0 radical (unpaired) electrons. The number of anilines is 1. The maximum atomic E-state index is 13.4. The SMILES string of the molecule is Cc1ccc(OCCNC(=O)CCCN(c2ccc(F)c(F)c2)S(C)(=O)=O)cc1C. The van der Waals surface area contributed by atoms with Crippen LogP contribution in [-0.4, -0.2) is 40.3 Å². The van der Waals surface area contributed by atoms with Crippen LogP contribution < -0.4 is 14.4 Å². The minimum absolute atomic E-state index is 0.0126. The Morgan fingerprint density at radius 1 is 1.07 bits per heavy atom. The second-order valence-corrected chi connectivity index (χ2v) is 8.89. The third kappa shape index (κ3) is 6.98. The molecule has 6 nitrogen and oxygen atoms in total. The molecule has 0 spiro atoms. The lowest BCUT2D eigenvalue weighted by atomic mass is 10.1. The summed E-state index contributed by atoms with van der Waals surface area (Å²) in [5.74, 6) is -1.72. The van der Waals surface area contributed by atoms with Crippen LogP contribution >= 0.6 is 0 Å². The van der Waals surface area contributed by atoms with E-state index in [0.717, 1.165) is 34.0 Å². The van der Waals surface area contributed by atoms with Crippen LogP contribution in [0.4, 0.5) is 14.5 Å². The lowest BCUT2D eigenvalue weighted by Crippen LogP contribution is -2.33. The quantitative estimate of drug-likeness (QED) is 0.575. The zero-order valence-corrected chi connectivity index (χ0v) is 18.1. The van der Waals surface area contributed by atoms with Crippen molar-refractivity contribution in [2.45, 2.75) is 26.7 Å². The molecule has 0 aliphatic rings. The topological polar surface area (TPSA) is 75.7 Å². The Bertz CT molecular complexity index is 996. The van der Waals surface area contributed by atoms with Crippen molar-refractivity contribution in [1.29, 1.82) is 0 Å². The lowest BCUT2D eigenvalue weighted by molar-refractivity contribution is -0.121. The Kier molecular flexibility index (Phi) is 8.16. The molecule has 0 atom stereocenters. The average molecular weight is 441 g/mol. The molecule has 30 heavy (non-hydrogen) atoms. The molecule has 0 unspecified atom stereocenters. The number of sulfonamides is 1. The summed E-state index contributed by atoms with van der Waals surface area (Å²) in [7, 11) is -3.71. The van der Waals surface area contributed by atoms with Crippen molar-refractivity contribution in [2.24, 2.45) is 0 Å². The molecule has 9 heteroatoms. The van der Waals surface area contributed by atoms with Gasteiger partial charge >= 0.3 is 0 Å². The van der Waals surface area contributed by atoms with Gasteiger partial charge in [0.2, 0.25) is 15.9 Å². The molecular weight excluding hydrogens is 414 g/mol. The van der Waals surface area contributed by atoms with Crippen molar-refractivity contribution in [3.05, 3.63) is 59.2 Å². The molecule has 164 valence electrons. The third-order valence-corrected chi connectivity index (χ3v) is 5.72. The molecule has 2 rings (SSSR count). The van der Waals surface area contributed by atoms with Crippen LogP contribution in [0.5, 0.6) is 5.75 Å². The fourth-order valence-corrected chi connectivity index (χ4v) is 3.72. The standard InChI is InChI=1S/C21H26F2N2O4S/c1-15-6-8-18(13-16(15)2)29-12-10-24-21(26)5-4-11-25(30(3,27)28)17-7-9-19(22)20(23)14-17/h6-9,13-14H,4-5,10-12H2,1-3H3,(H,24,26). The summed E-state index contributed by atoms with van der Waals surface area (Å²) in [5.41, 5.74) is 2.30. The van der Waals surface area contributed by atoms with Gasteiger partial charge in [0.05, 0.1) is 18.5 Å². The second kappa shape index (κ2) is 10.4. The summed E-state index contributed by atoms with van der Waals surface area (Å²) in [6.07, 6.45) is 1.27. The Hall–Kier alpha value is -2.68. The summed E-state index contributed by atoms with van der Waals surface area (Å²) < 4.78 is 57.1. The van der Waals surface area contributed by atoms with E-state index < -0.39 is 21.7 Å². The van der Waals surface area contributed by atoms with Gasteiger partial charge in [0, 0.05) is 19.0 Å². The largest absolute Gasteiger partial charge is 0.492 e. The molecule has 0 bridgehead atoms. The maximum absolute atomic E-state index is 13.4. The molecule has 2 aromatic carbocycles. The number of carbonyl (C=O) groups is 1. The lowest BCUT2D eigenvalue weighted by Gasteiger charge is -2.22. The van der Waals surface area contributed by atoms with Crippen LogP contribution in [0.25, 0.3) is 0 Å². The molecule has 1 N–H and O–H groups in total. The third-order valence-electron chi connectivity index (χ3n) is 4.53. The minimum Gasteiger partial charge on any atom is -0.492 e. The van der Waals surface area contributed by atoms with Gasteiger partial charge < -0.3 is 10.1 Å². The van der Waals surface area contributed by atoms with Gasteiger partial charge in [-0.1, -0.05) is 6.07 Å². The number of hydrogen-bond acceptors (Lipinski definition) is 4. The van der Waals surface area contributed by atoms with E-state index in [1.54, 1.807) is 0 Å². The Morgan fingerprint density at radius 3 is 2.43 bits per heavy atom. The Labute approximate surface area is 175 Å². The Balaban J connectivity index is 1.78. The second-order valence-electron chi connectivity index (χ2n) is 6.98. The van der Waals surface area contributed by atoms with E-state index in [1.165, 1.54) is 11.6 Å². The highest BCUT2D eigenvalue weighted by atomic mass is 32.2. The average Bonchev–Trinajstić information content (AvgIpc) is 2.66. The van der Waals surface area contributed by atoms with E-state index in [9.17, 15) is 22.0 Å². The predicted molar refractivity (Wildman–Crippen MR) is 112 cm³/mol. The molecule has 0 aliphatic carbocycles. The number of rotatable bonds is 10. The van der Waals surface area contributed by atoms with E-state index in [1.807, 2.05) is 32.0 Å². The van der Waals surface area contributed by atoms with Crippen LogP contribution in [0.3, 0.4) is 0 Å². The van der Waals surface area contributed by atoms with E-state index in [-0.39, 0.29) is 31.0 Å². The van der Waals surface area contributed by atoms with E-state index >= 15 is 0 Å². The predicted octanol–water partition coefficient (Wildman–Crippen LogP) is 3.32. The highest BCUT2D eigenvalue weighted by Crippen LogP contribution is 2.21. The fourth-order valence-electron chi connectivity index (χ4n) is 2.76. The molecule has 0 aliphatic heterocycles. The molecule has 0 saturated carbocycles. The van der Waals surface area contributed by atoms with Crippen LogP contribution in [0.2, 0.25) is 0 Å². The number of benzene rings is 2. The molecule has 0 saturated heterocycles. The van der Waals surface area contributed by atoms with Gasteiger partial charge in [-0.05, 0) is 55.7 Å². The van der Waals surface area contributed by atoms with Crippen molar-refractivity contribution in [3.8, 4) is 5.75 Å². The summed E-state index contributed by atoms with van der Waals surface area (Å²) >= 11 is 0. The number of amides is 1. The first-order valence-electron chi connectivity index (χ1n) is 9.47. The summed E-state index contributed by atoms with van der Waals surface area (Å²) in [4.78, 5) is 12.0. The zero-order valence-electron chi connectivity index (χ0n) is 17.2. The highest BCUT2D eigenvalue weighted by Gasteiger charge is 2.19. The van der Waals surface area contributed by atoms with Crippen LogP contribution in [0, 0.1) is 25.5 Å². The van der Waals surface area contributed by atoms with E-state index in [2.05, 4.69) is 5.32 Å². The van der Waals surface area contributed by atoms with E-state index in [4.69, 9.17) is 4.74 Å². The van der Waals surface area contributed by atoms with Crippen molar-refractivity contribution >= 4 is 21.6 Å². The molecule has 1 amide bonds. The first-order chi connectivity index (χ1) is 14.1. The maximum Gasteiger partial charge on any atom is 0.232 e. The van der Waals surface area contributed by atoms with Gasteiger partial charge in [-0.25, -0.2) is 17.2 Å². The number of hydrogen-bond donors (Lipinski definition) is 1. The number of nitrogens with zero attached hydrogens (tertiary/aromatic N) is 1. The zero-order chi connectivity index (χ0) is 22.3. The summed E-state index contributed by atoms with van der Waals surface area (Å²) in [6.45, 7) is 4.58. The summed E-state index contributed by atoms with van der Waals surface area (Å²) in [6, 6.07) is 8.62. The van der Waals surface area contributed by atoms with Crippen LogP contribution in [0.1, 0.15) is 24.0 Å². The molecule has 0 fully saturated rings. The number of carbonyl (C=O) groups excluding carboxylic acids is 1. The van der Waals surface area contributed by atoms with Gasteiger partial charge in [0.25, 0.3) is 0 Å². The van der Waals surface area contributed by atoms with Crippen LogP contribution in [-0.2, 0) is 14.8 Å². The number of nitrogens with one attached hydrogen (secondary N) is 1. The number of halogens is 2. The van der Waals surface area contributed by atoms with Crippen molar-refractivity contribution < 1.29 is 26.7 Å². The first kappa shape index (κ1) is 23.6. The number of ether oxygens (including phenoxy) is 1. The normalized spacial score (nSPS) is 11.2. The van der Waals surface area contributed by atoms with Crippen molar-refractivity contribution in [1.82, 2.24) is 5.32 Å². The van der Waals surface area contributed by atoms with Gasteiger partial charge in [-0.15, -0.1) is 0 Å². The monoisotopic (exact) mass is 440 g/mol. The minimum atomic E-state index is -3.71. The Morgan fingerprint density at radius 2 is 1.80 bits per heavy atom. The fraction of sp³-hybridized carbons (Fsp3) is 0.381. The molecule has 0 aromatic heterocycles. The first-order valence-corrected chi connectivity index (χ1v) is 11.3. The number of aryl methyl sites for hydroxylation is 2. The van der Waals surface area contributed by atoms with Gasteiger partial charge in [-0.2, -0.15) is 0 Å². The van der Waals surface area contributed by atoms with Gasteiger partial charge in [-0.3, -0.25) is 9.10 Å². The van der Waals surface area contributed by atoms with E-state index in [0.29, 0.717) is 13.2 Å². The molecule has 2 aromatic rings. The van der Waals surface area contributed by atoms with Crippen molar-refractivity contribution in [2.75, 3.05) is 30.3 Å². The van der Waals surface area contributed by atoms with Gasteiger partial charge in [0.15, 0.2) is 11.6 Å². The smallest absolute Gasteiger partial charge is 0.232 e. The van der Waals surface area contributed by atoms with Gasteiger partial charge in [0.1, 0.15) is 12.4 Å². The molecule has 0 heterocycles. The summed E-state index contributed by atoms with van der Waals surface area (Å²) in [5, 5.41) is 2.71. The van der Waals surface area contributed by atoms with Crippen molar-refractivity contribution in [3.63, 3.8) is 0 Å². The molecular formula is C21H26F2N2O4S. The highest BCUT2D eigenvalue weighted by molar-refractivity contribution is 7.92. The van der Waals surface area contributed by atoms with Crippen LogP contribution in [0.15, 0.2) is 36.4 Å².